The molecule has 0 spiro atoms. The molecule has 0 heterocycles. The molecule has 19 heavy (non-hydrogen) atoms. The molecule has 1 aromatic rings. The Morgan fingerprint density at radius 1 is 1.00 bits per heavy atom. The number of benzene rings is 1. The first kappa shape index (κ1) is 16.4. The SMILES string of the molecule is CCCN(CCC)c1c(Cl)cc(C(F)(F)F)cc1Cl. The molecule has 0 aliphatic rings. The van der Waals surface area contributed by atoms with Gasteiger partial charge in [-0.15, -0.1) is 0 Å². The highest BCUT2D eigenvalue weighted by atomic mass is 35.5. The van der Waals surface area contributed by atoms with E-state index in [1.165, 1.54) is 0 Å². The van der Waals surface area contributed by atoms with Gasteiger partial charge in [0.15, 0.2) is 0 Å². The topological polar surface area (TPSA) is 3.24 Å². The predicted molar refractivity (Wildman–Crippen MR) is 74.3 cm³/mol. The molecule has 0 bridgehead atoms. The summed E-state index contributed by atoms with van der Waals surface area (Å²) in [5.74, 6) is 0. The lowest BCUT2D eigenvalue weighted by atomic mass is 10.1. The number of nitrogens with zero attached hydrogens (tertiary/aromatic N) is 1. The highest BCUT2D eigenvalue weighted by Gasteiger charge is 2.32. The van der Waals surface area contributed by atoms with Crippen molar-refractivity contribution in [2.75, 3.05) is 18.0 Å². The second-order valence-electron chi connectivity index (χ2n) is 4.27. The molecule has 1 rings (SSSR count). The summed E-state index contributed by atoms with van der Waals surface area (Å²) in [5, 5.41) is 0.0865. The molecule has 0 aromatic heterocycles. The van der Waals surface area contributed by atoms with Crippen LogP contribution < -0.4 is 4.90 Å². The van der Waals surface area contributed by atoms with Crippen molar-refractivity contribution < 1.29 is 13.2 Å². The number of rotatable bonds is 5. The summed E-state index contributed by atoms with van der Waals surface area (Å²) in [6.07, 6.45) is -2.70. The van der Waals surface area contributed by atoms with E-state index in [-0.39, 0.29) is 10.0 Å². The molecule has 0 radical (unpaired) electrons. The van der Waals surface area contributed by atoms with E-state index in [1.54, 1.807) is 0 Å². The van der Waals surface area contributed by atoms with E-state index in [2.05, 4.69) is 0 Å². The Morgan fingerprint density at radius 2 is 1.42 bits per heavy atom. The molecule has 0 fully saturated rings. The maximum atomic E-state index is 12.6. The molecule has 0 N–H and O–H groups in total. The molecular formula is C13H16Cl2F3N. The van der Waals surface area contributed by atoms with Crippen molar-refractivity contribution in [1.29, 1.82) is 0 Å². The Balaban J connectivity index is 3.21. The van der Waals surface area contributed by atoms with Crippen LogP contribution in [0.1, 0.15) is 32.3 Å². The number of hydrogen-bond acceptors (Lipinski definition) is 1. The van der Waals surface area contributed by atoms with E-state index >= 15 is 0 Å². The van der Waals surface area contributed by atoms with Gasteiger partial charge in [-0.05, 0) is 25.0 Å². The summed E-state index contributed by atoms with van der Waals surface area (Å²) in [4.78, 5) is 1.92. The van der Waals surface area contributed by atoms with Crippen molar-refractivity contribution in [3.8, 4) is 0 Å². The van der Waals surface area contributed by atoms with Crippen molar-refractivity contribution in [2.24, 2.45) is 0 Å². The van der Waals surface area contributed by atoms with Gasteiger partial charge < -0.3 is 4.90 Å². The quantitative estimate of drug-likeness (QED) is 0.680. The van der Waals surface area contributed by atoms with Crippen LogP contribution in [0, 0.1) is 0 Å². The van der Waals surface area contributed by atoms with Gasteiger partial charge in [0, 0.05) is 13.1 Å². The van der Waals surface area contributed by atoms with Crippen LogP contribution in [0.15, 0.2) is 12.1 Å². The van der Waals surface area contributed by atoms with Crippen LogP contribution in [0.25, 0.3) is 0 Å². The molecule has 6 heteroatoms. The minimum absolute atomic E-state index is 0.0433. The van der Waals surface area contributed by atoms with Crippen LogP contribution in [-0.2, 0) is 6.18 Å². The maximum absolute atomic E-state index is 12.6. The van der Waals surface area contributed by atoms with Crippen LogP contribution in [0.2, 0.25) is 10.0 Å². The summed E-state index contributed by atoms with van der Waals surface area (Å²) in [7, 11) is 0. The molecule has 0 aliphatic heterocycles. The lowest BCUT2D eigenvalue weighted by molar-refractivity contribution is -0.137. The highest BCUT2D eigenvalue weighted by Crippen LogP contribution is 2.40. The Kier molecular flexibility index (Phi) is 5.81. The first-order valence-corrected chi connectivity index (χ1v) is 6.88. The van der Waals surface area contributed by atoms with E-state index in [1.807, 2.05) is 18.7 Å². The van der Waals surface area contributed by atoms with Gasteiger partial charge in [-0.25, -0.2) is 0 Å². The first-order chi connectivity index (χ1) is 8.81. The fourth-order valence-corrected chi connectivity index (χ4v) is 2.63. The molecule has 0 saturated carbocycles. The van der Waals surface area contributed by atoms with E-state index in [0.29, 0.717) is 18.8 Å². The fourth-order valence-electron chi connectivity index (χ4n) is 1.91. The zero-order valence-electron chi connectivity index (χ0n) is 10.8. The van der Waals surface area contributed by atoms with E-state index < -0.39 is 11.7 Å². The number of halogens is 5. The smallest absolute Gasteiger partial charge is 0.369 e. The fraction of sp³-hybridized carbons (Fsp3) is 0.538. The van der Waals surface area contributed by atoms with Crippen molar-refractivity contribution in [2.45, 2.75) is 32.9 Å². The molecule has 0 amide bonds. The largest absolute Gasteiger partial charge is 0.416 e. The summed E-state index contributed by atoms with van der Waals surface area (Å²) in [6.45, 7) is 5.40. The van der Waals surface area contributed by atoms with Crippen LogP contribution in [0.3, 0.4) is 0 Å². The van der Waals surface area contributed by atoms with Gasteiger partial charge in [-0.3, -0.25) is 0 Å². The van der Waals surface area contributed by atoms with Gasteiger partial charge in [-0.2, -0.15) is 13.2 Å². The van der Waals surface area contributed by atoms with Gasteiger partial charge in [0.25, 0.3) is 0 Å². The van der Waals surface area contributed by atoms with Gasteiger partial charge in [0.2, 0.25) is 0 Å². The van der Waals surface area contributed by atoms with Gasteiger partial charge in [0.05, 0.1) is 21.3 Å². The Morgan fingerprint density at radius 3 is 1.74 bits per heavy atom. The van der Waals surface area contributed by atoms with Gasteiger partial charge in [0.1, 0.15) is 0 Å². The standard InChI is InChI=1S/C13H16Cl2F3N/c1-3-5-19(6-4-2)12-10(14)7-9(8-11(12)15)13(16,17)18/h7-8H,3-6H2,1-2H3. The van der Waals surface area contributed by atoms with E-state index in [9.17, 15) is 13.2 Å². The summed E-state index contributed by atoms with van der Waals surface area (Å²) >= 11 is 12.0. The Bertz CT molecular complexity index is 403. The highest BCUT2D eigenvalue weighted by molar-refractivity contribution is 6.39. The number of alkyl halides is 3. The first-order valence-electron chi connectivity index (χ1n) is 6.12. The lowest BCUT2D eigenvalue weighted by Crippen LogP contribution is -2.25. The van der Waals surface area contributed by atoms with Crippen LogP contribution >= 0.6 is 23.2 Å². The second kappa shape index (κ2) is 6.71. The number of anilines is 1. The second-order valence-corrected chi connectivity index (χ2v) is 5.09. The molecular weight excluding hydrogens is 298 g/mol. The number of hydrogen-bond donors (Lipinski definition) is 0. The van der Waals surface area contributed by atoms with Crippen LogP contribution in [-0.4, -0.2) is 13.1 Å². The predicted octanol–water partition coefficient (Wildman–Crippen LogP) is 5.64. The van der Waals surface area contributed by atoms with Gasteiger partial charge in [-0.1, -0.05) is 37.0 Å². The third-order valence-electron chi connectivity index (χ3n) is 2.65. The summed E-state index contributed by atoms with van der Waals surface area (Å²) in [6, 6.07) is 1.86. The average molecular weight is 314 g/mol. The third-order valence-corrected chi connectivity index (χ3v) is 3.22. The maximum Gasteiger partial charge on any atom is 0.416 e. The normalized spacial score (nSPS) is 11.7. The zero-order valence-corrected chi connectivity index (χ0v) is 12.3. The zero-order chi connectivity index (χ0) is 14.6. The minimum Gasteiger partial charge on any atom is -0.369 e. The molecule has 0 aliphatic carbocycles. The molecule has 1 aromatic carbocycles. The minimum atomic E-state index is -4.44. The average Bonchev–Trinajstić information content (AvgIpc) is 2.27. The Labute approximate surface area is 121 Å². The van der Waals surface area contributed by atoms with Crippen molar-refractivity contribution in [1.82, 2.24) is 0 Å². The monoisotopic (exact) mass is 313 g/mol. The Hall–Kier alpha value is -0.610. The van der Waals surface area contributed by atoms with Crippen LogP contribution in [0.4, 0.5) is 18.9 Å². The summed E-state index contributed by atoms with van der Waals surface area (Å²) < 4.78 is 37.9. The van der Waals surface area contributed by atoms with Crippen molar-refractivity contribution >= 4 is 28.9 Å². The molecule has 1 nitrogen and oxygen atoms in total. The van der Waals surface area contributed by atoms with E-state index in [4.69, 9.17) is 23.2 Å². The molecule has 0 saturated heterocycles. The van der Waals surface area contributed by atoms with Gasteiger partial charge >= 0.3 is 6.18 Å². The third kappa shape index (κ3) is 4.18. The lowest BCUT2D eigenvalue weighted by Gasteiger charge is -2.26. The van der Waals surface area contributed by atoms with Crippen molar-refractivity contribution in [3.63, 3.8) is 0 Å². The molecule has 108 valence electrons. The van der Waals surface area contributed by atoms with Crippen LogP contribution in [0.5, 0.6) is 0 Å². The van der Waals surface area contributed by atoms with Crippen molar-refractivity contribution in [3.05, 3.63) is 27.7 Å². The summed E-state index contributed by atoms with van der Waals surface area (Å²) in [5.41, 5.74) is -0.334. The van der Waals surface area contributed by atoms with E-state index in [0.717, 1.165) is 25.0 Å². The molecule has 0 unspecified atom stereocenters. The molecule has 0 atom stereocenters.